The summed E-state index contributed by atoms with van der Waals surface area (Å²) in [5.41, 5.74) is 1.33. The maximum atomic E-state index is 11.6. The van der Waals surface area contributed by atoms with Crippen LogP contribution in [0.2, 0.25) is 0 Å². The number of fused-ring (bicyclic) bond motifs is 1. The number of nitrogens with one attached hydrogen (secondary N) is 1. The van der Waals surface area contributed by atoms with Crippen molar-refractivity contribution in [1.82, 2.24) is 5.32 Å². The molecule has 142 valence electrons. The van der Waals surface area contributed by atoms with Gasteiger partial charge < -0.3 is 29.1 Å². The molecule has 0 saturated heterocycles. The third kappa shape index (κ3) is 5.92. The molecule has 26 heavy (non-hydrogen) atoms. The standard InChI is InChI=1S/C17H22N2O7/c1-11(7-22-3)18-16(20)8-23-17(21)9-26-19-12(2)13-4-5-14-15(6-13)25-10-24-14/h4-6,11H,7-10H2,1-3H3,(H,18,20)/b19-12-. The molecule has 1 atom stereocenters. The van der Waals surface area contributed by atoms with Crippen LogP contribution in [-0.4, -0.2) is 57.4 Å². The Morgan fingerprint density at radius 3 is 2.81 bits per heavy atom. The lowest BCUT2D eigenvalue weighted by molar-refractivity contribution is -0.153. The second-order valence-electron chi connectivity index (χ2n) is 5.60. The summed E-state index contributed by atoms with van der Waals surface area (Å²) in [5, 5.41) is 6.48. The number of oxime groups is 1. The van der Waals surface area contributed by atoms with Gasteiger partial charge in [-0.05, 0) is 32.0 Å². The molecule has 0 spiro atoms. The fraction of sp³-hybridized carbons (Fsp3) is 0.471. The number of rotatable bonds is 9. The highest BCUT2D eigenvalue weighted by Crippen LogP contribution is 2.32. The monoisotopic (exact) mass is 366 g/mol. The van der Waals surface area contributed by atoms with Crippen molar-refractivity contribution in [3.8, 4) is 11.5 Å². The Morgan fingerprint density at radius 2 is 2.04 bits per heavy atom. The molecule has 9 heteroatoms. The quantitative estimate of drug-likeness (QED) is 0.392. The lowest BCUT2D eigenvalue weighted by Gasteiger charge is -2.12. The van der Waals surface area contributed by atoms with E-state index in [4.69, 9.17) is 23.8 Å². The molecule has 1 aromatic rings. The molecule has 0 bridgehead atoms. The molecule has 0 radical (unpaired) electrons. The van der Waals surface area contributed by atoms with E-state index in [0.29, 0.717) is 23.8 Å². The highest BCUT2D eigenvalue weighted by molar-refractivity contribution is 5.99. The zero-order valence-electron chi connectivity index (χ0n) is 14.9. The largest absolute Gasteiger partial charge is 0.454 e. The Labute approximate surface area is 151 Å². The number of methoxy groups -OCH3 is 1. The van der Waals surface area contributed by atoms with Crippen molar-refractivity contribution in [2.24, 2.45) is 5.16 Å². The summed E-state index contributed by atoms with van der Waals surface area (Å²) in [6.07, 6.45) is 0. The van der Waals surface area contributed by atoms with Gasteiger partial charge in [0.05, 0.1) is 12.3 Å². The Balaban J connectivity index is 1.71. The second kappa shape index (κ2) is 9.62. The molecular formula is C17H22N2O7. The number of nitrogens with zero attached hydrogens (tertiary/aromatic N) is 1. The van der Waals surface area contributed by atoms with Gasteiger partial charge in [0.25, 0.3) is 5.91 Å². The van der Waals surface area contributed by atoms with Crippen molar-refractivity contribution in [1.29, 1.82) is 0 Å². The van der Waals surface area contributed by atoms with Crippen LogP contribution in [-0.2, 0) is 23.9 Å². The maximum absolute atomic E-state index is 11.6. The van der Waals surface area contributed by atoms with E-state index in [2.05, 4.69) is 10.5 Å². The number of amides is 1. The molecule has 9 nitrogen and oxygen atoms in total. The van der Waals surface area contributed by atoms with E-state index in [1.54, 1.807) is 32.0 Å². The van der Waals surface area contributed by atoms with Crippen LogP contribution in [0.5, 0.6) is 11.5 Å². The number of esters is 1. The highest BCUT2D eigenvalue weighted by atomic mass is 16.7. The van der Waals surface area contributed by atoms with Gasteiger partial charge >= 0.3 is 5.97 Å². The minimum absolute atomic E-state index is 0.170. The van der Waals surface area contributed by atoms with E-state index in [0.717, 1.165) is 5.56 Å². The summed E-state index contributed by atoms with van der Waals surface area (Å²) < 4.78 is 20.2. The predicted molar refractivity (Wildman–Crippen MR) is 91.2 cm³/mol. The topological polar surface area (TPSA) is 105 Å². The van der Waals surface area contributed by atoms with Crippen LogP contribution in [0.4, 0.5) is 0 Å². The van der Waals surface area contributed by atoms with Crippen LogP contribution in [0, 0.1) is 0 Å². The lowest BCUT2D eigenvalue weighted by Crippen LogP contribution is -2.38. The number of benzene rings is 1. The van der Waals surface area contributed by atoms with Gasteiger partial charge in [-0.15, -0.1) is 0 Å². The minimum atomic E-state index is -0.693. The third-order valence-electron chi connectivity index (χ3n) is 3.36. The lowest BCUT2D eigenvalue weighted by atomic mass is 10.1. The second-order valence-corrected chi connectivity index (χ2v) is 5.60. The Kier molecular flexibility index (Phi) is 7.22. The molecule has 1 aromatic carbocycles. The summed E-state index contributed by atoms with van der Waals surface area (Å²) in [6.45, 7) is 3.28. The van der Waals surface area contributed by atoms with E-state index in [1.165, 1.54) is 7.11 Å². The molecule has 1 N–H and O–H groups in total. The van der Waals surface area contributed by atoms with Crippen LogP contribution in [0.25, 0.3) is 0 Å². The normalized spacial score (nSPS) is 13.9. The number of ether oxygens (including phenoxy) is 4. The van der Waals surface area contributed by atoms with Gasteiger partial charge in [0.1, 0.15) is 0 Å². The molecule has 0 aliphatic carbocycles. The average molecular weight is 366 g/mol. The third-order valence-corrected chi connectivity index (χ3v) is 3.36. The van der Waals surface area contributed by atoms with E-state index in [-0.39, 0.29) is 19.4 Å². The zero-order chi connectivity index (χ0) is 18.9. The van der Waals surface area contributed by atoms with Crippen LogP contribution in [0.15, 0.2) is 23.4 Å². The molecular weight excluding hydrogens is 344 g/mol. The van der Waals surface area contributed by atoms with Gasteiger partial charge in [-0.1, -0.05) is 5.16 Å². The number of hydrogen-bond donors (Lipinski definition) is 1. The Hall–Kier alpha value is -2.81. The number of hydrogen-bond acceptors (Lipinski definition) is 8. The first-order valence-electron chi connectivity index (χ1n) is 8.00. The van der Waals surface area contributed by atoms with Gasteiger partial charge in [-0.2, -0.15) is 0 Å². The minimum Gasteiger partial charge on any atom is -0.454 e. The molecule has 1 amide bonds. The van der Waals surface area contributed by atoms with Gasteiger partial charge in [0.2, 0.25) is 13.4 Å². The van der Waals surface area contributed by atoms with Crippen molar-refractivity contribution in [3.05, 3.63) is 23.8 Å². The predicted octanol–water partition coefficient (Wildman–Crippen LogP) is 0.850. The Morgan fingerprint density at radius 1 is 1.27 bits per heavy atom. The number of carbonyl (C=O) groups is 2. The smallest absolute Gasteiger partial charge is 0.347 e. The van der Waals surface area contributed by atoms with Crippen molar-refractivity contribution in [2.45, 2.75) is 19.9 Å². The van der Waals surface area contributed by atoms with E-state index in [9.17, 15) is 9.59 Å². The SMILES string of the molecule is COCC(C)NC(=O)COC(=O)CO/N=C(/C)c1ccc2c(c1)OCO2. The first kappa shape index (κ1) is 19.5. The summed E-state index contributed by atoms with van der Waals surface area (Å²) in [6, 6.07) is 5.18. The highest BCUT2D eigenvalue weighted by Gasteiger charge is 2.14. The summed E-state index contributed by atoms with van der Waals surface area (Å²) in [4.78, 5) is 28.1. The van der Waals surface area contributed by atoms with Crippen molar-refractivity contribution < 1.29 is 33.4 Å². The van der Waals surface area contributed by atoms with E-state index in [1.807, 2.05) is 0 Å². The summed E-state index contributed by atoms with van der Waals surface area (Å²) in [7, 11) is 1.53. The van der Waals surface area contributed by atoms with E-state index >= 15 is 0 Å². The van der Waals surface area contributed by atoms with E-state index < -0.39 is 18.5 Å². The first-order valence-corrected chi connectivity index (χ1v) is 8.00. The van der Waals surface area contributed by atoms with Gasteiger partial charge in [0, 0.05) is 18.7 Å². The molecule has 0 fully saturated rings. The summed E-state index contributed by atoms with van der Waals surface area (Å²) in [5.74, 6) is 0.194. The first-order chi connectivity index (χ1) is 12.5. The number of carbonyl (C=O) groups excluding carboxylic acids is 2. The molecule has 1 heterocycles. The molecule has 0 saturated carbocycles. The van der Waals surface area contributed by atoms with Crippen LogP contribution in [0.1, 0.15) is 19.4 Å². The van der Waals surface area contributed by atoms with Crippen molar-refractivity contribution >= 4 is 17.6 Å². The maximum Gasteiger partial charge on any atom is 0.347 e. The fourth-order valence-electron chi connectivity index (χ4n) is 2.15. The van der Waals surface area contributed by atoms with Crippen LogP contribution >= 0.6 is 0 Å². The van der Waals surface area contributed by atoms with Gasteiger partial charge in [0.15, 0.2) is 18.1 Å². The molecule has 0 aromatic heterocycles. The zero-order valence-corrected chi connectivity index (χ0v) is 14.9. The van der Waals surface area contributed by atoms with Crippen molar-refractivity contribution in [3.63, 3.8) is 0 Å². The molecule has 1 aliphatic rings. The Bertz CT molecular complexity index is 675. The average Bonchev–Trinajstić information content (AvgIpc) is 3.07. The van der Waals surface area contributed by atoms with Crippen LogP contribution < -0.4 is 14.8 Å². The fourth-order valence-corrected chi connectivity index (χ4v) is 2.15. The van der Waals surface area contributed by atoms with Gasteiger partial charge in [-0.3, -0.25) is 4.79 Å². The molecule has 1 unspecified atom stereocenters. The van der Waals surface area contributed by atoms with Gasteiger partial charge in [-0.25, -0.2) is 4.79 Å². The van der Waals surface area contributed by atoms with Crippen molar-refractivity contribution in [2.75, 3.05) is 33.7 Å². The van der Waals surface area contributed by atoms with Crippen LogP contribution in [0.3, 0.4) is 0 Å². The summed E-state index contributed by atoms with van der Waals surface area (Å²) >= 11 is 0. The molecule has 2 rings (SSSR count). The molecule has 1 aliphatic heterocycles.